The normalized spacial score (nSPS) is 19.3. The molecule has 0 spiro atoms. The highest BCUT2D eigenvalue weighted by Crippen LogP contribution is 2.39. The molecule has 0 amide bonds. The van der Waals surface area contributed by atoms with Crippen LogP contribution in [0.2, 0.25) is 0 Å². The van der Waals surface area contributed by atoms with Crippen LogP contribution in [0.4, 0.5) is 23.2 Å². The van der Waals surface area contributed by atoms with E-state index in [0.717, 1.165) is 11.3 Å². The van der Waals surface area contributed by atoms with E-state index in [1.54, 1.807) is 35.7 Å². The van der Waals surface area contributed by atoms with Crippen LogP contribution in [-0.4, -0.2) is 55.4 Å². The van der Waals surface area contributed by atoms with Crippen molar-refractivity contribution in [1.82, 2.24) is 4.31 Å². The lowest BCUT2D eigenvalue weighted by atomic mass is 9.95. The van der Waals surface area contributed by atoms with Gasteiger partial charge >= 0.3 is 6.18 Å². The van der Waals surface area contributed by atoms with Gasteiger partial charge in [0.15, 0.2) is 5.60 Å². The quantitative estimate of drug-likeness (QED) is 0.313. The van der Waals surface area contributed by atoms with Gasteiger partial charge in [0, 0.05) is 36.0 Å². The first kappa shape index (κ1) is 26.9. The van der Waals surface area contributed by atoms with Gasteiger partial charge in [0.1, 0.15) is 10.0 Å². The Kier molecular flexibility index (Phi) is 7.73. The van der Waals surface area contributed by atoms with Crippen molar-refractivity contribution < 1.29 is 31.1 Å². The van der Waals surface area contributed by atoms with Crippen LogP contribution >= 0.6 is 23.1 Å². The number of rotatable bonds is 7. The maximum Gasteiger partial charge on any atom is 0.421 e. The average molecular weight is 561 g/mol. The van der Waals surface area contributed by atoms with Crippen LogP contribution in [0.3, 0.4) is 0 Å². The van der Waals surface area contributed by atoms with Gasteiger partial charge in [-0.15, -0.1) is 23.1 Å². The van der Waals surface area contributed by atoms with Gasteiger partial charge in [0.25, 0.3) is 10.0 Å². The molecule has 0 bridgehead atoms. The summed E-state index contributed by atoms with van der Waals surface area (Å²) in [5, 5.41) is 11.7. The van der Waals surface area contributed by atoms with E-state index in [2.05, 4.69) is 0 Å². The number of thiophene rings is 1. The highest BCUT2D eigenvalue weighted by atomic mass is 32.2. The molecular weight excluding hydrogens is 536 g/mol. The molecule has 3 aromatic rings. The van der Waals surface area contributed by atoms with Crippen molar-refractivity contribution >= 4 is 38.8 Å². The molecule has 36 heavy (non-hydrogen) atoms. The summed E-state index contributed by atoms with van der Waals surface area (Å²) in [4.78, 5) is 2.34. The number of piperazine rings is 1. The van der Waals surface area contributed by atoms with E-state index in [4.69, 9.17) is 0 Å². The van der Waals surface area contributed by atoms with Crippen LogP contribution in [0, 0.1) is 5.82 Å². The van der Waals surface area contributed by atoms with Crippen molar-refractivity contribution in [3.63, 3.8) is 0 Å². The minimum atomic E-state index is -4.84. The fraction of sp³-hybridized carbons (Fsp3) is 0.333. The number of aliphatic hydroxyl groups is 1. The molecule has 2 atom stereocenters. The molecule has 4 rings (SSSR count). The zero-order chi connectivity index (χ0) is 26.1. The van der Waals surface area contributed by atoms with Gasteiger partial charge in [-0.2, -0.15) is 17.5 Å². The highest BCUT2D eigenvalue weighted by molar-refractivity contribution is 7.99. The Morgan fingerprint density at radius 3 is 2.36 bits per heavy atom. The fourth-order valence-electron chi connectivity index (χ4n) is 3.95. The number of hydrogen-bond acceptors (Lipinski definition) is 6. The van der Waals surface area contributed by atoms with E-state index in [9.17, 15) is 31.1 Å². The Bertz CT molecular complexity index is 1280. The summed E-state index contributed by atoms with van der Waals surface area (Å²) in [6.07, 6.45) is -4.84. The Morgan fingerprint density at radius 1 is 1.06 bits per heavy atom. The summed E-state index contributed by atoms with van der Waals surface area (Å²) in [5.41, 5.74) is -2.71. The van der Waals surface area contributed by atoms with Crippen molar-refractivity contribution in [3.8, 4) is 0 Å². The van der Waals surface area contributed by atoms with Gasteiger partial charge in [0.2, 0.25) is 0 Å². The van der Waals surface area contributed by atoms with Crippen LogP contribution in [0.25, 0.3) is 0 Å². The Labute approximate surface area is 215 Å². The summed E-state index contributed by atoms with van der Waals surface area (Å²) in [6, 6.07) is 14.5. The SMILES string of the molecule is CC(O)(c1ccc(N2CCN(S(=O)(=O)c3cccs3)CC2CSc2ccccc2F)cc1)C(F)(F)F. The molecule has 1 aromatic heterocycles. The molecule has 1 aliphatic rings. The molecule has 0 saturated carbocycles. The van der Waals surface area contributed by atoms with Crippen LogP contribution in [-0.2, 0) is 15.6 Å². The number of nitrogens with zero attached hydrogens (tertiary/aromatic N) is 2. The van der Waals surface area contributed by atoms with E-state index < -0.39 is 21.8 Å². The van der Waals surface area contributed by atoms with Gasteiger partial charge in [-0.1, -0.05) is 30.3 Å². The van der Waals surface area contributed by atoms with Crippen molar-refractivity contribution in [2.45, 2.75) is 33.8 Å². The number of anilines is 1. The van der Waals surface area contributed by atoms with E-state index >= 15 is 0 Å². The largest absolute Gasteiger partial charge is 0.421 e. The van der Waals surface area contributed by atoms with E-state index in [0.29, 0.717) is 29.8 Å². The standard InChI is InChI=1S/C24H24F4N2O3S3/c1-23(31,24(26,27)28)17-8-10-18(11-9-17)30-13-12-29(36(32,33)22-7-4-14-34-22)15-19(30)16-35-21-6-3-2-5-20(21)25/h2-11,14,19,31H,12-13,15-16H2,1H3. The van der Waals surface area contributed by atoms with E-state index in [1.807, 2.05) is 4.90 Å². The predicted molar refractivity (Wildman–Crippen MR) is 133 cm³/mol. The molecule has 1 fully saturated rings. The van der Waals surface area contributed by atoms with Crippen LogP contribution in [0.5, 0.6) is 0 Å². The summed E-state index contributed by atoms with van der Waals surface area (Å²) < 4.78 is 81.8. The molecule has 5 nitrogen and oxygen atoms in total. The van der Waals surface area contributed by atoms with E-state index in [-0.39, 0.29) is 34.7 Å². The van der Waals surface area contributed by atoms with Gasteiger partial charge in [-0.3, -0.25) is 0 Å². The summed E-state index contributed by atoms with van der Waals surface area (Å²) in [7, 11) is -3.71. The number of hydrogen-bond donors (Lipinski definition) is 1. The molecule has 1 aliphatic heterocycles. The molecule has 2 unspecified atom stereocenters. The first-order valence-electron chi connectivity index (χ1n) is 11.0. The van der Waals surface area contributed by atoms with Crippen molar-refractivity contribution in [2.75, 3.05) is 30.3 Å². The monoisotopic (exact) mass is 560 g/mol. The molecule has 2 aromatic carbocycles. The number of alkyl halides is 3. The van der Waals surface area contributed by atoms with Crippen LogP contribution < -0.4 is 4.90 Å². The topological polar surface area (TPSA) is 60.9 Å². The second kappa shape index (κ2) is 10.3. The van der Waals surface area contributed by atoms with Crippen molar-refractivity contribution in [3.05, 3.63) is 77.4 Å². The zero-order valence-electron chi connectivity index (χ0n) is 19.2. The lowest BCUT2D eigenvalue weighted by Gasteiger charge is -2.42. The van der Waals surface area contributed by atoms with Gasteiger partial charge in [-0.05, 0) is 48.2 Å². The fourth-order valence-corrected chi connectivity index (χ4v) is 7.61. The smallest absolute Gasteiger partial charge is 0.376 e. The van der Waals surface area contributed by atoms with Gasteiger partial charge in [0.05, 0.1) is 6.04 Å². The Morgan fingerprint density at radius 2 is 1.75 bits per heavy atom. The summed E-state index contributed by atoms with van der Waals surface area (Å²) in [5.74, 6) is -0.0361. The molecular formula is C24H24F4N2O3S3. The van der Waals surface area contributed by atoms with Crippen LogP contribution in [0.15, 0.2) is 75.1 Å². The van der Waals surface area contributed by atoms with Crippen molar-refractivity contribution in [1.29, 1.82) is 0 Å². The number of thioether (sulfide) groups is 1. The molecule has 0 radical (unpaired) electrons. The summed E-state index contributed by atoms with van der Waals surface area (Å²) in [6.45, 7) is 1.30. The van der Waals surface area contributed by atoms with Crippen molar-refractivity contribution in [2.24, 2.45) is 0 Å². The molecule has 1 N–H and O–H groups in total. The first-order valence-corrected chi connectivity index (χ1v) is 14.3. The molecule has 12 heteroatoms. The second-order valence-corrected chi connectivity index (χ2v) is 12.7. The lowest BCUT2D eigenvalue weighted by molar-refractivity contribution is -0.258. The summed E-state index contributed by atoms with van der Waals surface area (Å²) >= 11 is 2.37. The highest BCUT2D eigenvalue weighted by Gasteiger charge is 2.51. The molecule has 0 aliphatic carbocycles. The molecule has 2 heterocycles. The number of halogens is 4. The molecule has 1 saturated heterocycles. The third-order valence-corrected chi connectivity index (χ3v) is 10.5. The Hall–Kier alpha value is -2.12. The molecule has 194 valence electrons. The third-order valence-electron chi connectivity index (χ3n) is 6.12. The minimum Gasteiger partial charge on any atom is -0.376 e. The predicted octanol–water partition coefficient (Wildman–Crippen LogP) is 5.33. The van der Waals surface area contributed by atoms with Gasteiger partial charge < -0.3 is 10.0 Å². The first-order chi connectivity index (χ1) is 16.9. The van der Waals surface area contributed by atoms with Crippen LogP contribution in [0.1, 0.15) is 12.5 Å². The lowest BCUT2D eigenvalue weighted by Crippen LogP contribution is -2.55. The minimum absolute atomic E-state index is 0.129. The number of sulfonamides is 1. The van der Waals surface area contributed by atoms with Gasteiger partial charge in [-0.25, -0.2) is 12.8 Å². The zero-order valence-corrected chi connectivity index (χ0v) is 21.6. The Balaban J connectivity index is 1.60. The number of benzene rings is 2. The van der Waals surface area contributed by atoms with E-state index in [1.165, 1.54) is 46.4 Å². The second-order valence-electron chi connectivity index (χ2n) is 8.50. The average Bonchev–Trinajstić information content (AvgIpc) is 3.39. The maximum atomic E-state index is 14.2. The maximum absolute atomic E-state index is 14.2. The third kappa shape index (κ3) is 5.42.